The van der Waals surface area contributed by atoms with E-state index in [4.69, 9.17) is 16.4 Å². The van der Waals surface area contributed by atoms with Gasteiger partial charge in [0.2, 0.25) is 5.88 Å². The van der Waals surface area contributed by atoms with Gasteiger partial charge in [0.25, 0.3) is 0 Å². The minimum absolute atomic E-state index is 0.0321. The number of azo groups is 1. The highest BCUT2D eigenvalue weighted by Gasteiger charge is 2.19. The van der Waals surface area contributed by atoms with Crippen LogP contribution < -0.4 is 0 Å². The van der Waals surface area contributed by atoms with Crippen LogP contribution in [0.25, 0.3) is 10.9 Å². The third-order valence-corrected chi connectivity index (χ3v) is 6.43. The van der Waals surface area contributed by atoms with Gasteiger partial charge in [0.05, 0.1) is 18.4 Å². The van der Waals surface area contributed by atoms with Gasteiger partial charge in [0.15, 0.2) is 12.3 Å². The second-order valence-electron chi connectivity index (χ2n) is 8.35. The molecule has 1 aromatic heterocycles. The maximum absolute atomic E-state index is 12.2. The Labute approximate surface area is 224 Å². The summed E-state index contributed by atoms with van der Waals surface area (Å²) in [6.45, 7) is 6.34. The van der Waals surface area contributed by atoms with Crippen LogP contribution in [0.1, 0.15) is 45.1 Å². The van der Waals surface area contributed by atoms with E-state index in [0.29, 0.717) is 22.6 Å². The first-order valence-corrected chi connectivity index (χ1v) is 13.2. The van der Waals surface area contributed by atoms with Crippen LogP contribution in [0, 0.1) is 0 Å². The molecule has 0 saturated carbocycles. The monoisotopic (exact) mass is 575 g/mol. The van der Waals surface area contributed by atoms with Crippen LogP contribution in [0.15, 0.2) is 62.3 Å². The van der Waals surface area contributed by atoms with Crippen LogP contribution in [-0.4, -0.2) is 46.4 Å². The number of oxime groups is 1. The zero-order chi connectivity index (χ0) is 25.9. The van der Waals surface area contributed by atoms with Gasteiger partial charge in [-0.1, -0.05) is 77.6 Å². The van der Waals surface area contributed by atoms with Crippen molar-refractivity contribution in [2.75, 3.05) is 19.7 Å². The van der Waals surface area contributed by atoms with Crippen LogP contribution in [0.5, 0.6) is 5.88 Å². The lowest BCUT2D eigenvalue weighted by atomic mass is 10.2. The quantitative estimate of drug-likeness (QED) is 0.131. The highest BCUT2D eigenvalue weighted by atomic mass is 79.9. The molecule has 0 saturated heterocycles. The van der Waals surface area contributed by atoms with E-state index in [1.54, 1.807) is 12.1 Å². The Morgan fingerprint density at radius 2 is 1.89 bits per heavy atom. The Balaban J connectivity index is 1.76. The largest absolute Gasteiger partial charge is 0.493 e. The van der Waals surface area contributed by atoms with Crippen molar-refractivity contribution in [1.82, 2.24) is 9.47 Å². The summed E-state index contributed by atoms with van der Waals surface area (Å²) in [5.41, 5.74) is 1.73. The predicted octanol–water partition coefficient (Wildman–Crippen LogP) is 7.28. The number of fused-ring (bicyclic) bond motifs is 1. The Kier molecular flexibility index (Phi) is 10.9. The Hall–Kier alpha value is -2.75. The number of aromatic hydroxyl groups is 1. The van der Waals surface area contributed by atoms with Crippen LogP contribution in [0.4, 0.5) is 5.69 Å². The molecule has 0 aliphatic heterocycles. The first-order chi connectivity index (χ1) is 17.4. The molecular weight excluding hydrogens is 546 g/mol. The van der Waals surface area contributed by atoms with Gasteiger partial charge in [0.1, 0.15) is 0 Å². The molecule has 0 fully saturated rings. The molecule has 2 aromatic carbocycles. The number of nitrogens with zero attached hydrogens (tertiary/aromatic N) is 5. The number of halogens is 2. The van der Waals surface area contributed by atoms with E-state index in [2.05, 4.69) is 50.1 Å². The molecule has 0 atom stereocenters. The molecule has 192 valence electrons. The van der Waals surface area contributed by atoms with E-state index in [9.17, 15) is 9.90 Å². The Morgan fingerprint density at radius 1 is 1.17 bits per heavy atom. The summed E-state index contributed by atoms with van der Waals surface area (Å²) in [5, 5.41) is 23.9. The summed E-state index contributed by atoms with van der Waals surface area (Å²) in [4.78, 5) is 19.6. The summed E-state index contributed by atoms with van der Waals surface area (Å²) in [7, 11) is 0. The summed E-state index contributed by atoms with van der Waals surface area (Å²) in [5.74, 6) is -0.663. The van der Waals surface area contributed by atoms with Crippen molar-refractivity contribution >= 4 is 56.2 Å². The van der Waals surface area contributed by atoms with Crippen molar-refractivity contribution in [3.8, 4) is 5.88 Å². The number of unbranched alkanes of at least 4 members (excludes halogenated alkanes) is 2. The number of hydrogen-bond donors (Lipinski definition) is 1. The van der Waals surface area contributed by atoms with E-state index in [1.807, 2.05) is 34.9 Å². The molecular formula is C26H31BrClN5O3. The average Bonchev–Trinajstić information content (AvgIpc) is 3.12. The summed E-state index contributed by atoms with van der Waals surface area (Å²) in [6.07, 6.45) is 5.77. The summed E-state index contributed by atoms with van der Waals surface area (Å²) >= 11 is 9.54. The van der Waals surface area contributed by atoms with Crippen LogP contribution in [0.3, 0.4) is 0 Å². The lowest BCUT2D eigenvalue weighted by Crippen LogP contribution is -2.28. The number of hydrogen-bond acceptors (Lipinski definition) is 6. The molecule has 1 N–H and O–H groups in total. The van der Waals surface area contributed by atoms with Crippen molar-refractivity contribution in [1.29, 1.82) is 0 Å². The number of aromatic nitrogens is 1. The second-order valence-corrected chi connectivity index (χ2v) is 9.67. The molecule has 10 heteroatoms. The van der Waals surface area contributed by atoms with Crippen molar-refractivity contribution in [3.05, 3.63) is 57.5 Å². The lowest BCUT2D eigenvalue weighted by molar-refractivity contribution is -0.122. The van der Waals surface area contributed by atoms with Crippen LogP contribution in [0.2, 0.25) is 5.02 Å². The van der Waals surface area contributed by atoms with Gasteiger partial charge in [-0.3, -0.25) is 14.3 Å². The van der Waals surface area contributed by atoms with E-state index in [-0.39, 0.29) is 11.6 Å². The van der Waals surface area contributed by atoms with E-state index in [1.165, 1.54) is 6.21 Å². The van der Waals surface area contributed by atoms with Gasteiger partial charge < -0.3 is 9.94 Å². The normalized spacial score (nSPS) is 11.9. The second kappa shape index (κ2) is 14.1. The van der Waals surface area contributed by atoms with Crippen LogP contribution in [-0.2, 0) is 16.3 Å². The fourth-order valence-electron chi connectivity index (χ4n) is 3.66. The van der Waals surface area contributed by atoms with Gasteiger partial charge >= 0.3 is 5.91 Å². The highest BCUT2D eigenvalue weighted by molar-refractivity contribution is 9.10. The molecule has 0 radical (unpaired) electrons. The number of carbonyl (C=O) groups is 1. The smallest absolute Gasteiger partial charge is 0.304 e. The van der Waals surface area contributed by atoms with Gasteiger partial charge in [-0.25, -0.2) is 0 Å². The maximum Gasteiger partial charge on any atom is 0.304 e. The highest BCUT2D eigenvalue weighted by Crippen LogP contribution is 2.40. The van der Waals surface area contributed by atoms with E-state index >= 15 is 0 Å². The topological polar surface area (TPSA) is 91.8 Å². The molecule has 0 spiro atoms. The molecule has 0 aliphatic carbocycles. The molecule has 3 rings (SSSR count). The molecule has 1 amide bonds. The number of benzene rings is 2. The molecule has 0 bridgehead atoms. The first kappa shape index (κ1) is 27.8. The fourth-order valence-corrected chi connectivity index (χ4v) is 4.20. The zero-order valence-corrected chi connectivity index (χ0v) is 22.9. The van der Waals surface area contributed by atoms with Gasteiger partial charge in [0, 0.05) is 20.4 Å². The number of rotatable bonds is 13. The Bertz CT molecular complexity index is 1220. The summed E-state index contributed by atoms with van der Waals surface area (Å²) < 4.78 is 2.65. The minimum atomic E-state index is -0.630. The van der Waals surface area contributed by atoms with E-state index in [0.717, 1.165) is 48.8 Å². The van der Waals surface area contributed by atoms with Gasteiger partial charge in [-0.05, 0) is 50.2 Å². The van der Waals surface area contributed by atoms with Gasteiger partial charge in [-0.15, -0.1) is 10.2 Å². The van der Waals surface area contributed by atoms with Crippen molar-refractivity contribution in [2.24, 2.45) is 15.4 Å². The zero-order valence-electron chi connectivity index (χ0n) is 20.5. The first-order valence-electron chi connectivity index (χ1n) is 12.0. The third-order valence-electron chi connectivity index (χ3n) is 5.59. The Morgan fingerprint density at radius 3 is 2.58 bits per heavy atom. The number of carbonyl (C=O) groups excluding carboxylic acids is 1. The van der Waals surface area contributed by atoms with Crippen molar-refractivity contribution < 1.29 is 14.7 Å². The van der Waals surface area contributed by atoms with E-state index < -0.39 is 12.5 Å². The molecule has 36 heavy (non-hydrogen) atoms. The third kappa shape index (κ3) is 7.62. The number of amides is 1. The lowest BCUT2D eigenvalue weighted by Gasteiger charge is -2.23. The standard InChI is InChI=1S/C26H31BrClN5O3/c1-3-5-13-32(14-6-4-2)18-33-23-12-11-20(27)15-21(23)25(26(33)35)31-30-24(34)17-36-29-16-19-9-7-8-10-22(19)28/h7-12,15-16,35H,3-6,13-14,17-18H2,1-2H3/b29-16+,31-30?. The maximum atomic E-state index is 12.2. The molecule has 0 unspecified atom stereocenters. The molecule has 8 nitrogen and oxygen atoms in total. The average molecular weight is 577 g/mol. The van der Waals surface area contributed by atoms with Crippen molar-refractivity contribution in [3.63, 3.8) is 0 Å². The molecule has 3 aromatic rings. The minimum Gasteiger partial charge on any atom is -0.493 e. The molecule has 0 aliphatic rings. The fraction of sp³-hybridized carbons (Fsp3) is 0.385. The van der Waals surface area contributed by atoms with Gasteiger partial charge in [-0.2, -0.15) is 0 Å². The van der Waals surface area contributed by atoms with Crippen LogP contribution >= 0.6 is 27.5 Å². The predicted molar refractivity (Wildman–Crippen MR) is 147 cm³/mol. The SMILES string of the molecule is CCCCN(CCCC)Cn1c(O)c(N=NC(=O)CO/N=C/c2ccccc2Cl)c2cc(Br)ccc21. The summed E-state index contributed by atoms with van der Waals surface area (Å²) in [6, 6.07) is 12.8. The molecule has 1 heterocycles. The van der Waals surface area contributed by atoms with Crippen molar-refractivity contribution in [2.45, 2.75) is 46.2 Å².